The van der Waals surface area contributed by atoms with Crippen LogP contribution < -0.4 is 9.64 Å². The summed E-state index contributed by atoms with van der Waals surface area (Å²) in [4.78, 5) is 28.8. The fraction of sp³-hybridized carbons (Fsp3) is 0.417. The van der Waals surface area contributed by atoms with Gasteiger partial charge in [0.25, 0.3) is 0 Å². The predicted octanol–water partition coefficient (Wildman–Crippen LogP) is 2.93. The minimum atomic E-state index is -3.29. The lowest BCUT2D eigenvalue weighted by Gasteiger charge is -2.21. The van der Waals surface area contributed by atoms with Crippen molar-refractivity contribution in [3.63, 3.8) is 0 Å². The standard InChI is InChI=1S/C24H30N2O5S/c1-4-18-9-11-20(12-10-18)26-17-19(15-23(26)27)24(28)25(2)13-6-14-31-21-7-5-8-22(16-21)32(3,29)30/h5,7-12,16,19H,4,6,13-15,17H2,1-3H3. The largest absolute Gasteiger partial charge is 0.493 e. The molecular weight excluding hydrogens is 428 g/mol. The van der Waals surface area contributed by atoms with Gasteiger partial charge < -0.3 is 14.5 Å². The normalized spacial score (nSPS) is 16.3. The maximum absolute atomic E-state index is 12.8. The second-order valence-electron chi connectivity index (χ2n) is 8.13. The van der Waals surface area contributed by atoms with E-state index in [-0.39, 0.29) is 29.0 Å². The molecule has 3 rings (SSSR count). The van der Waals surface area contributed by atoms with Gasteiger partial charge in [0.15, 0.2) is 9.84 Å². The smallest absolute Gasteiger partial charge is 0.227 e. The highest BCUT2D eigenvalue weighted by Gasteiger charge is 2.36. The van der Waals surface area contributed by atoms with E-state index in [0.29, 0.717) is 31.9 Å². The summed E-state index contributed by atoms with van der Waals surface area (Å²) < 4.78 is 28.9. The van der Waals surface area contributed by atoms with E-state index in [4.69, 9.17) is 4.74 Å². The van der Waals surface area contributed by atoms with E-state index in [9.17, 15) is 18.0 Å². The summed E-state index contributed by atoms with van der Waals surface area (Å²) in [6.07, 6.45) is 2.90. The third-order valence-electron chi connectivity index (χ3n) is 5.65. The van der Waals surface area contributed by atoms with E-state index >= 15 is 0 Å². The molecule has 1 fully saturated rings. The van der Waals surface area contributed by atoms with Crippen molar-refractivity contribution in [2.45, 2.75) is 31.1 Å². The van der Waals surface area contributed by atoms with Crippen LogP contribution in [0.25, 0.3) is 0 Å². The van der Waals surface area contributed by atoms with Crippen LogP contribution in [0.15, 0.2) is 53.4 Å². The second-order valence-corrected chi connectivity index (χ2v) is 10.1. The first-order valence-electron chi connectivity index (χ1n) is 10.8. The molecule has 1 saturated heterocycles. The highest BCUT2D eigenvalue weighted by atomic mass is 32.2. The van der Waals surface area contributed by atoms with E-state index in [1.54, 1.807) is 29.0 Å². The molecule has 1 atom stereocenters. The lowest BCUT2D eigenvalue weighted by Crippen LogP contribution is -2.35. The molecule has 0 N–H and O–H groups in total. The molecule has 1 heterocycles. The highest BCUT2D eigenvalue weighted by Crippen LogP contribution is 2.26. The van der Waals surface area contributed by atoms with E-state index in [0.717, 1.165) is 18.4 Å². The van der Waals surface area contributed by atoms with Gasteiger partial charge in [0, 0.05) is 38.5 Å². The first kappa shape index (κ1) is 23.8. The van der Waals surface area contributed by atoms with Crippen molar-refractivity contribution in [1.82, 2.24) is 4.90 Å². The lowest BCUT2D eigenvalue weighted by atomic mass is 10.1. The van der Waals surface area contributed by atoms with Gasteiger partial charge >= 0.3 is 0 Å². The van der Waals surface area contributed by atoms with Crippen LogP contribution >= 0.6 is 0 Å². The van der Waals surface area contributed by atoms with Gasteiger partial charge in [-0.15, -0.1) is 0 Å². The SMILES string of the molecule is CCc1ccc(N2CC(C(=O)N(C)CCCOc3cccc(S(C)(=O)=O)c3)CC2=O)cc1. The summed E-state index contributed by atoms with van der Waals surface area (Å²) in [5, 5.41) is 0. The Balaban J connectivity index is 1.48. The number of ether oxygens (including phenoxy) is 1. The number of anilines is 1. The fourth-order valence-electron chi connectivity index (χ4n) is 3.74. The summed E-state index contributed by atoms with van der Waals surface area (Å²) >= 11 is 0. The highest BCUT2D eigenvalue weighted by molar-refractivity contribution is 7.90. The Kier molecular flexibility index (Phi) is 7.56. The van der Waals surface area contributed by atoms with Crippen LogP contribution in [-0.4, -0.2) is 58.1 Å². The molecule has 0 aromatic heterocycles. The van der Waals surface area contributed by atoms with Crippen LogP contribution in [0, 0.1) is 5.92 Å². The predicted molar refractivity (Wildman–Crippen MR) is 124 cm³/mol. The quantitative estimate of drug-likeness (QED) is 0.540. The van der Waals surface area contributed by atoms with Crippen molar-refractivity contribution in [2.75, 3.05) is 37.9 Å². The van der Waals surface area contributed by atoms with Gasteiger partial charge in [0.2, 0.25) is 11.8 Å². The van der Waals surface area contributed by atoms with Crippen molar-refractivity contribution >= 4 is 27.3 Å². The van der Waals surface area contributed by atoms with E-state index in [2.05, 4.69) is 6.92 Å². The van der Waals surface area contributed by atoms with Gasteiger partial charge in [-0.05, 0) is 48.7 Å². The monoisotopic (exact) mass is 458 g/mol. The van der Waals surface area contributed by atoms with Crippen LogP contribution in [0.2, 0.25) is 0 Å². The second kappa shape index (κ2) is 10.2. The molecular formula is C24H30N2O5S. The van der Waals surface area contributed by atoms with Crippen LogP contribution in [0.1, 0.15) is 25.3 Å². The van der Waals surface area contributed by atoms with Crippen molar-refractivity contribution in [2.24, 2.45) is 5.92 Å². The number of hydrogen-bond acceptors (Lipinski definition) is 5. The minimum absolute atomic E-state index is 0.0323. The number of carbonyl (C=O) groups is 2. The molecule has 7 nitrogen and oxygen atoms in total. The molecule has 8 heteroatoms. The Morgan fingerprint density at radius 3 is 2.56 bits per heavy atom. The summed E-state index contributed by atoms with van der Waals surface area (Å²) in [6.45, 7) is 3.31. The zero-order valence-corrected chi connectivity index (χ0v) is 19.6. The number of hydrogen-bond donors (Lipinski definition) is 0. The average molecular weight is 459 g/mol. The third-order valence-corrected chi connectivity index (χ3v) is 6.76. The van der Waals surface area contributed by atoms with Gasteiger partial charge in [-0.25, -0.2) is 8.42 Å². The number of rotatable bonds is 9. The summed E-state index contributed by atoms with van der Waals surface area (Å²) in [5.41, 5.74) is 2.04. The molecule has 32 heavy (non-hydrogen) atoms. The third kappa shape index (κ3) is 5.88. The van der Waals surface area contributed by atoms with Crippen LogP contribution in [0.4, 0.5) is 5.69 Å². The van der Waals surface area contributed by atoms with Crippen LogP contribution in [0.5, 0.6) is 5.75 Å². The zero-order valence-electron chi connectivity index (χ0n) is 18.8. The van der Waals surface area contributed by atoms with Crippen LogP contribution in [0.3, 0.4) is 0 Å². The van der Waals surface area contributed by atoms with Gasteiger partial charge in [0.1, 0.15) is 5.75 Å². The Bertz CT molecular complexity index is 1070. The van der Waals surface area contributed by atoms with Gasteiger partial charge in [-0.1, -0.05) is 25.1 Å². The molecule has 0 aliphatic carbocycles. The molecule has 1 aliphatic rings. The molecule has 172 valence electrons. The Hall–Kier alpha value is -2.87. The first-order valence-corrected chi connectivity index (χ1v) is 12.7. The summed E-state index contributed by atoms with van der Waals surface area (Å²) in [6, 6.07) is 14.3. The fourth-order valence-corrected chi connectivity index (χ4v) is 4.40. The van der Waals surface area contributed by atoms with Crippen molar-refractivity contribution in [3.05, 3.63) is 54.1 Å². The maximum atomic E-state index is 12.8. The molecule has 0 bridgehead atoms. The molecule has 0 saturated carbocycles. The zero-order chi connectivity index (χ0) is 23.3. The number of nitrogens with zero attached hydrogens (tertiary/aromatic N) is 2. The molecule has 0 spiro atoms. The Morgan fingerprint density at radius 1 is 1.19 bits per heavy atom. The van der Waals surface area contributed by atoms with E-state index < -0.39 is 9.84 Å². The number of sulfone groups is 1. The Morgan fingerprint density at radius 2 is 1.91 bits per heavy atom. The van der Waals surface area contributed by atoms with Crippen molar-refractivity contribution in [1.29, 1.82) is 0 Å². The van der Waals surface area contributed by atoms with Crippen molar-refractivity contribution in [3.8, 4) is 5.75 Å². The molecule has 0 radical (unpaired) electrons. The molecule has 1 aliphatic heterocycles. The van der Waals surface area contributed by atoms with Gasteiger partial charge in [-0.2, -0.15) is 0 Å². The van der Waals surface area contributed by atoms with Gasteiger partial charge in [0.05, 0.1) is 17.4 Å². The number of carbonyl (C=O) groups excluding carboxylic acids is 2. The topological polar surface area (TPSA) is 84.0 Å². The van der Waals surface area contributed by atoms with Crippen molar-refractivity contribution < 1.29 is 22.7 Å². The summed E-state index contributed by atoms with van der Waals surface area (Å²) in [5.74, 6) is 0.0407. The molecule has 2 amide bonds. The number of amides is 2. The first-order chi connectivity index (χ1) is 15.2. The molecule has 1 unspecified atom stereocenters. The molecule has 2 aromatic carbocycles. The minimum Gasteiger partial charge on any atom is -0.493 e. The number of aryl methyl sites for hydroxylation is 1. The van der Waals surface area contributed by atoms with Gasteiger partial charge in [-0.3, -0.25) is 9.59 Å². The van der Waals surface area contributed by atoms with Crippen LogP contribution in [-0.2, 0) is 25.8 Å². The maximum Gasteiger partial charge on any atom is 0.227 e. The molecule has 2 aromatic rings. The Labute approximate surface area is 189 Å². The summed E-state index contributed by atoms with van der Waals surface area (Å²) in [7, 11) is -1.56. The number of benzene rings is 2. The average Bonchev–Trinajstić information content (AvgIpc) is 3.17. The van der Waals surface area contributed by atoms with E-state index in [1.165, 1.54) is 17.7 Å². The lowest BCUT2D eigenvalue weighted by molar-refractivity contribution is -0.134. The van der Waals surface area contributed by atoms with E-state index in [1.807, 2.05) is 24.3 Å².